The number of methoxy groups -OCH3 is 2. The van der Waals surface area contributed by atoms with Crippen LogP contribution >= 0.6 is 0 Å². The first kappa shape index (κ1) is 28.8. The zero-order valence-corrected chi connectivity index (χ0v) is 24.8. The van der Waals surface area contributed by atoms with Crippen LogP contribution in [-0.4, -0.2) is 89.8 Å². The van der Waals surface area contributed by atoms with Crippen LogP contribution in [0.1, 0.15) is 49.8 Å². The molecule has 3 heterocycles. The van der Waals surface area contributed by atoms with Gasteiger partial charge in [-0.3, -0.25) is 9.20 Å². The third-order valence-electron chi connectivity index (χ3n) is 7.85. The Morgan fingerprint density at radius 3 is 2.29 bits per heavy atom. The van der Waals surface area contributed by atoms with Crippen molar-refractivity contribution in [3.05, 3.63) is 48.0 Å². The largest absolute Gasteiger partial charge is 0.497 e. The molecule has 2 aliphatic rings. The Bertz CT molecular complexity index is 1560. The van der Waals surface area contributed by atoms with Gasteiger partial charge in [-0.2, -0.15) is 4.31 Å². The fraction of sp³-hybridized carbons (Fsp3) is 0.500. The topological polar surface area (TPSA) is 127 Å². The maximum absolute atomic E-state index is 14.3. The number of hydrogen-bond acceptors (Lipinski definition) is 9. The smallest absolute Gasteiger partial charge is 0.374 e. The number of rotatable bonds is 9. The molecule has 0 spiro atoms. The molecule has 0 bridgehead atoms. The van der Waals surface area contributed by atoms with Crippen molar-refractivity contribution in [3.8, 4) is 5.75 Å². The lowest BCUT2D eigenvalue weighted by atomic mass is 10.1. The lowest BCUT2D eigenvalue weighted by Gasteiger charge is -2.36. The SMILES string of the molecule is COC(=O)c1ncc2c(N3CCN(C(=O)C(C)C)CC3)nc(S(=O)(=O)N(Cc3ccc(OC)cc3)C3(C)CC3)cn12. The Balaban J connectivity index is 1.56. The number of anilines is 1. The number of ether oxygens (including phenoxy) is 2. The number of nitrogens with zero attached hydrogens (tertiary/aromatic N) is 6. The minimum absolute atomic E-state index is 0.0458. The number of esters is 1. The van der Waals surface area contributed by atoms with Crippen molar-refractivity contribution < 1.29 is 27.5 Å². The van der Waals surface area contributed by atoms with E-state index in [-0.39, 0.29) is 29.2 Å². The number of imidazole rings is 1. The molecule has 1 aliphatic heterocycles. The molecule has 2 fully saturated rings. The van der Waals surface area contributed by atoms with Crippen LogP contribution in [0.15, 0.2) is 41.7 Å². The van der Waals surface area contributed by atoms with Crippen molar-refractivity contribution in [1.82, 2.24) is 23.6 Å². The van der Waals surface area contributed by atoms with Crippen LogP contribution < -0.4 is 9.64 Å². The third-order valence-corrected chi connectivity index (χ3v) is 9.73. The highest BCUT2D eigenvalue weighted by atomic mass is 32.2. The van der Waals surface area contributed by atoms with Crippen molar-refractivity contribution >= 4 is 33.2 Å². The molecular formula is C28H36N6O6S. The maximum atomic E-state index is 14.3. The Labute approximate surface area is 239 Å². The second kappa shape index (κ2) is 10.9. The number of carbonyl (C=O) groups excluding carboxylic acids is 2. The second-order valence-corrected chi connectivity index (χ2v) is 12.9. The lowest BCUT2D eigenvalue weighted by Crippen LogP contribution is -2.50. The number of sulfonamides is 1. The molecule has 0 atom stereocenters. The first-order valence-electron chi connectivity index (χ1n) is 13.6. The molecule has 13 heteroatoms. The molecule has 3 aromatic rings. The first-order valence-corrected chi connectivity index (χ1v) is 15.1. The number of hydrogen-bond donors (Lipinski definition) is 0. The van der Waals surface area contributed by atoms with E-state index in [1.54, 1.807) is 24.1 Å². The Kier molecular flexibility index (Phi) is 7.68. The minimum Gasteiger partial charge on any atom is -0.497 e. The number of amides is 1. The number of carbonyl (C=O) groups is 2. The van der Waals surface area contributed by atoms with E-state index in [4.69, 9.17) is 14.5 Å². The van der Waals surface area contributed by atoms with Crippen molar-refractivity contribution in [3.63, 3.8) is 0 Å². The molecule has 0 unspecified atom stereocenters. The van der Waals surface area contributed by atoms with Crippen LogP contribution in [0.5, 0.6) is 5.75 Å². The number of aromatic nitrogens is 3. The zero-order valence-electron chi connectivity index (χ0n) is 24.0. The zero-order chi connectivity index (χ0) is 29.5. The standard InChI is InChI=1S/C28H36N6O6S/c1-19(2)26(35)32-14-12-31(13-15-32)24-22-16-29-25(27(36)40-5)33(22)18-23(30-24)41(37,38)34(28(3)10-11-28)17-20-6-8-21(39-4)9-7-20/h6-9,16,18-19H,10-15,17H2,1-5H3. The predicted octanol–water partition coefficient (Wildman–Crippen LogP) is 2.57. The number of piperazine rings is 1. The summed E-state index contributed by atoms with van der Waals surface area (Å²) >= 11 is 0. The van der Waals surface area contributed by atoms with Crippen molar-refractivity contribution in [1.29, 1.82) is 0 Å². The van der Waals surface area contributed by atoms with Crippen LogP contribution in [-0.2, 0) is 26.1 Å². The van der Waals surface area contributed by atoms with Crippen LogP contribution in [0.2, 0.25) is 0 Å². The number of benzene rings is 1. The highest BCUT2D eigenvalue weighted by Crippen LogP contribution is 2.45. The van der Waals surface area contributed by atoms with Crippen molar-refractivity contribution in [2.45, 2.75) is 50.7 Å². The molecule has 12 nitrogen and oxygen atoms in total. The fourth-order valence-corrected chi connectivity index (χ4v) is 6.82. The van der Waals surface area contributed by atoms with Gasteiger partial charge in [-0.25, -0.2) is 23.2 Å². The first-order chi connectivity index (χ1) is 19.5. The molecule has 41 heavy (non-hydrogen) atoms. The van der Waals surface area contributed by atoms with Gasteiger partial charge in [0.25, 0.3) is 10.0 Å². The van der Waals surface area contributed by atoms with Gasteiger partial charge in [0.15, 0.2) is 10.8 Å². The Hall–Kier alpha value is -3.71. The summed E-state index contributed by atoms with van der Waals surface area (Å²) in [6.07, 6.45) is 4.29. The highest BCUT2D eigenvalue weighted by Gasteiger charge is 2.50. The molecule has 0 N–H and O–H groups in total. The summed E-state index contributed by atoms with van der Waals surface area (Å²) in [5.41, 5.74) is 0.735. The molecular weight excluding hydrogens is 548 g/mol. The van der Waals surface area contributed by atoms with Gasteiger partial charge in [0.05, 0.1) is 26.6 Å². The van der Waals surface area contributed by atoms with E-state index < -0.39 is 21.5 Å². The average Bonchev–Trinajstić information content (AvgIpc) is 3.57. The molecule has 1 amide bonds. The number of fused-ring (bicyclic) bond motifs is 1. The van der Waals surface area contributed by atoms with Crippen LogP contribution in [0, 0.1) is 5.92 Å². The molecule has 1 saturated carbocycles. The quantitative estimate of drug-likeness (QED) is 0.349. The second-order valence-electron chi connectivity index (χ2n) is 11.1. The lowest BCUT2D eigenvalue weighted by molar-refractivity contribution is -0.134. The van der Waals surface area contributed by atoms with Gasteiger partial charge < -0.3 is 19.3 Å². The van der Waals surface area contributed by atoms with Crippen molar-refractivity contribution in [2.75, 3.05) is 45.3 Å². The summed E-state index contributed by atoms with van der Waals surface area (Å²) < 4.78 is 41.8. The van der Waals surface area contributed by atoms with Gasteiger partial charge >= 0.3 is 5.97 Å². The van der Waals surface area contributed by atoms with E-state index >= 15 is 0 Å². The predicted molar refractivity (Wildman–Crippen MR) is 151 cm³/mol. The summed E-state index contributed by atoms with van der Waals surface area (Å²) in [6, 6.07) is 7.29. The molecule has 2 aromatic heterocycles. The van der Waals surface area contributed by atoms with Gasteiger partial charge in [-0.1, -0.05) is 26.0 Å². The third kappa shape index (κ3) is 5.47. The molecule has 5 rings (SSSR count). The summed E-state index contributed by atoms with van der Waals surface area (Å²) in [4.78, 5) is 37.8. The van der Waals surface area contributed by atoms with E-state index in [1.165, 1.54) is 28.2 Å². The molecule has 0 radical (unpaired) electrons. The molecule has 1 aromatic carbocycles. The van der Waals surface area contributed by atoms with Crippen LogP contribution in [0.3, 0.4) is 0 Å². The van der Waals surface area contributed by atoms with Gasteiger partial charge in [0.2, 0.25) is 11.7 Å². The van der Waals surface area contributed by atoms with Gasteiger partial charge in [0.1, 0.15) is 11.3 Å². The highest BCUT2D eigenvalue weighted by molar-refractivity contribution is 7.89. The average molecular weight is 585 g/mol. The minimum atomic E-state index is -4.13. The van der Waals surface area contributed by atoms with E-state index in [1.807, 2.05) is 37.8 Å². The van der Waals surface area contributed by atoms with E-state index in [2.05, 4.69) is 4.98 Å². The summed E-state index contributed by atoms with van der Waals surface area (Å²) in [5, 5.41) is -0.189. The Morgan fingerprint density at radius 1 is 1.07 bits per heavy atom. The van der Waals surface area contributed by atoms with Gasteiger partial charge in [0, 0.05) is 44.2 Å². The molecule has 220 valence electrons. The molecule has 1 aliphatic carbocycles. The van der Waals surface area contributed by atoms with Crippen molar-refractivity contribution in [2.24, 2.45) is 5.92 Å². The van der Waals surface area contributed by atoms with E-state index in [0.29, 0.717) is 43.3 Å². The van der Waals surface area contributed by atoms with Crippen LogP contribution in [0.4, 0.5) is 5.82 Å². The normalized spacial score (nSPS) is 16.9. The van der Waals surface area contributed by atoms with E-state index in [9.17, 15) is 18.0 Å². The summed E-state index contributed by atoms with van der Waals surface area (Å²) in [6.45, 7) is 7.67. The van der Waals surface area contributed by atoms with Gasteiger partial charge in [-0.15, -0.1) is 0 Å². The monoisotopic (exact) mass is 584 g/mol. The maximum Gasteiger partial charge on any atom is 0.374 e. The van der Waals surface area contributed by atoms with Gasteiger partial charge in [-0.05, 0) is 37.5 Å². The fourth-order valence-electron chi connectivity index (χ4n) is 5.07. The summed E-state index contributed by atoms with van der Waals surface area (Å²) in [7, 11) is -1.30. The summed E-state index contributed by atoms with van der Waals surface area (Å²) in [5.74, 6) is 0.289. The van der Waals surface area contributed by atoms with Crippen LogP contribution in [0.25, 0.3) is 5.52 Å². The Morgan fingerprint density at radius 2 is 1.73 bits per heavy atom. The molecule has 1 saturated heterocycles. The van der Waals surface area contributed by atoms with E-state index in [0.717, 1.165) is 18.4 Å².